The standard InChI is InChI=1S/C38H48N2O3S/c1-2-3-4-5-6-7-8-9-10-11-12-13-14-15-18-30-26-35(41)40(38(30)43)31-23-22-29-25-34(37(42)32(29)27-31)44-33-21-16-19-28-20-17-24-39-36(28)33/h16-17,19-24,27,30,34H,2-15,18,25-26H2,1H3/t30-,34-/m0/s1. The molecule has 2 amide bonds. The second kappa shape index (κ2) is 16.4. The number of para-hydroxylation sites is 1. The molecule has 0 saturated carbocycles. The number of fused-ring (bicyclic) bond motifs is 2. The van der Waals surface area contributed by atoms with Gasteiger partial charge in [0.2, 0.25) is 11.8 Å². The van der Waals surface area contributed by atoms with Gasteiger partial charge in [0, 0.05) is 34.4 Å². The molecule has 0 radical (unpaired) electrons. The second-order valence-corrected chi connectivity index (χ2v) is 13.9. The van der Waals surface area contributed by atoms with Gasteiger partial charge in [-0.2, -0.15) is 0 Å². The average molecular weight is 613 g/mol. The molecule has 234 valence electrons. The fourth-order valence-corrected chi connectivity index (χ4v) is 8.02. The van der Waals surface area contributed by atoms with Crippen LogP contribution in [0.3, 0.4) is 0 Å². The van der Waals surface area contributed by atoms with Crippen molar-refractivity contribution in [3.8, 4) is 0 Å². The van der Waals surface area contributed by atoms with Gasteiger partial charge in [0.05, 0.1) is 16.5 Å². The molecule has 1 fully saturated rings. The second-order valence-electron chi connectivity index (χ2n) is 12.7. The van der Waals surface area contributed by atoms with Crippen LogP contribution in [0, 0.1) is 5.92 Å². The van der Waals surface area contributed by atoms with Crippen LogP contribution in [-0.2, 0) is 16.0 Å². The van der Waals surface area contributed by atoms with Gasteiger partial charge in [-0.15, -0.1) is 11.8 Å². The quantitative estimate of drug-likeness (QED) is 0.106. The zero-order chi connectivity index (χ0) is 30.7. The Kier molecular flexibility index (Phi) is 12.0. The van der Waals surface area contributed by atoms with E-state index in [4.69, 9.17) is 0 Å². The van der Waals surface area contributed by atoms with E-state index in [0.717, 1.165) is 40.6 Å². The third-order valence-electron chi connectivity index (χ3n) is 9.33. The highest BCUT2D eigenvalue weighted by Crippen LogP contribution is 2.39. The zero-order valence-corrected chi connectivity index (χ0v) is 27.2. The van der Waals surface area contributed by atoms with Crippen LogP contribution in [0.25, 0.3) is 10.9 Å². The molecule has 5 rings (SSSR count). The minimum absolute atomic E-state index is 0.0536. The Balaban J connectivity index is 1.04. The van der Waals surface area contributed by atoms with Crippen LogP contribution in [-0.4, -0.2) is 27.8 Å². The molecular weight excluding hydrogens is 564 g/mol. The van der Waals surface area contributed by atoms with E-state index >= 15 is 0 Å². The average Bonchev–Trinajstić information content (AvgIpc) is 3.50. The number of imide groups is 1. The summed E-state index contributed by atoms with van der Waals surface area (Å²) in [5.41, 5.74) is 3.04. The highest BCUT2D eigenvalue weighted by atomic mass is 32.2. The number of rotatable bonds is 18. The number of hydrogen-bond acceptors (Lipinski definition) is 5. The normalized spacial score (nSPS) is 18.1. The molecule has 1 aliphatic carbocycles. The Labute approximate surface area is 267 Å². The van der Waals surface area contributed by atoms with E-state index in [0.29, 0.717) is 17.7 Å². The summed E-state index contributed by atoms with van der Waals surface area (Å²) in [5, 5.41) is 0.809. The number of carbonyl (C=O) groups excluding carboxylic acids is 3. The molecule has 0 spiro atoms. The molecule has 44 heavy (non-hydrogen) atoms. The number of nitrogens with zero attached hydrogens (tertiary/aromatic N) is 2. The van der Waals surface area contributed by atoms with Crippen LogP contribution in [0.5, 0.6) is 0 Å². The number of hydrogen-bond donors (Lipinski definition) is 0. The van der Waals surface area contributed by atoms with Crippen molar-refractivity contribution in [2.45, 2.75) is 126 Å². The van der Waals surface area contributed by atoms with E-state index in [1.54, 1.807) is 24.0 Å². The summed E-state index contributed by atoms with van der Waals surface area (Å²) < 4.78 is 0. The van der Waals surface area contributed by atoms with Crippen LogP contribution in [0.4, 0.5) is 5.69 Å². The number of unbranched alkanes of at least 4 members (excludes halogenated alkanes) is 13. The highest BCUT2D eigenvalue weighted by Gasteiger charge is 2.40. The smallest absolute Gasteiger partial charge is 0.237 e. The van der Waals surface area contributed by atoms with Crippen LogP contribution in [0.2, 0.25) is 0 Å². The minimum Gasteiger partial charge on any atom is -0.293 e. The molecule has 0 bridgehead atoms. The molecule has 2 aromatic carbocycles. The monoisotopic (exact) mass is 612 g/mol. The van der Waals surface area contributed by atoms with Crippen molar-refractivity contribution in [3.63, 3.8) is 0 Å². The van der Waals surface area contributed by atoms with Crippen LogP contribution in [0.1, 0.15) is 126 Å². The van der Waals surface area contributed by atoms with Crippen LogP contribution in [0.15, 0.2) is 59.6 Å². The van der Waals surface area contributed by atoms with Crippen molar-refractivity contribution in [3.05, 3.63) is 65.9 Å². The van der Waals surface area contributed by atoms with Crippen molar-refractivity contribution in [1.82, 2.24) is 4.98 Å². The van der Waals surface area contributed by atoms with Gasteiger partial charge in [-0.05, 0) is 42.7 Å². The van der Waals surface area contributed by atoms with Gasteiger partial charge < -0.3 is 0 Å². The lowest BCUT2D eigenvalue weighted by molar-refractivity contribution is -0.122. The number of carbonyl (C=O) groups is 3. The van der Waals surface area contributed by atoms with Crippen molar-refractivity contribution in [2.24, 2.45) is 5.92 Å². The zero-order valence-electron chi connectivity index (χ0n) is 26.4. The highest BCUT2D eigenvalue weighted by molar-refractivity contribution is 8.01. The lowest BCUT2D eigenvalue weighted by Gasteiger charge is -2.16. The molecule has 1 aliphatic heterocycles. The Morgan fingerprint density at radius 3 is 2.14 bits per heavy atom. The van der Waals surface area contributed by atoms with Crippen molar-refractivity contribution < 1.29 is 14.4 Å². The molecule has 2 aliphatic rings. The fourth-order valence-electron chi connectivity index (χ4n) is 6.77. The fraction of sp³-hybridized carbons (Fsp3) is 0.526. The number of thioether (sulfide) groups is 1. The lowest BCUT2D eigenvalue weighted by atomic mass is 9.98. The van der Waals surface area contributed by atoms with E-state index < -0.39 is 0 Å². The first kappa shape index (κ1) is 32.4. The summed E-state index contributed by atoms with van der Waals surface area (Å²) in [6.07, 6.45) is 21.7. The maximum atomic E-state index is 13.5. The molecule has 2 heterocycles. The molecule has 0 unspecified atom stereocenters. The Bertz CT molecular complexity index is 1430. The molecule has 5 nitrogen and oxygen atoms in total. The largest absolute Gasteiger partial charge is 0.293 e. The summed E-state index contributed by atoms with van der Waals surface area (Å²) in [7, 11) is 0. The van der Waals surface area contributed by atoms with Gasteiger partial charge in [0.1, 0.15) is 0 Å². The molecular formula is C38H48N2O3S. The van der Waals surface area contributed by atoms with E-state index in [-0.39, 0.29) is 35.2 Å². The SMILES string of the molecule is CCCCCCCCCCCCCCCC[C@H]1CC(=O)N(c2ccc3c(c2)C(=O)[C@@H](Sc2cccc4cccnc24)C3)C1=O. The van der Waals surface area contributed by atoms with Gasteiger partial charge in [-0.1, -0.05) is 121 Å². The van der Waals surface area contributed by atoms with E-state index in [1.807, 2.05) is 42.5 Å². The van der Waals surface area contributed by atoms with Crippen molar-refractivity contribution >= 4 is 45.9 Å². The summed E-state index contributed by atoms with van der Waals surface area (Å²) in [5.74, 6) is -0.449. The molecule has 0 N–H and O–H groups in total. The number of ketones is 1. The Morgan fingerprint density at radius 2 is 1.43 bits per heavy atom. The lowest BCUT2D eigenvalue weighted by Crippen LogP contribution is -2.30. The molecule has 1 saturated heterocycles. The number of anilines is 1. The van der Waals surface area contributed by atoms with Gasteiger partial charge in [0.25, 0.3) is 0 Å². The number of amides is 2. The Hall–Kier alpha value is -2.99. The minimum atomic E-state index is -0.245. The first-order valence-corrected chi connectivity index (χ1v) is 18.0. The predicted molar refractivity (Wildman–Crippen MR) is 181 cm³/mol. The van der Waals surface area contributed by atoms with Gasteiger partial charge in [0.15, 0.2) is 5.78 Å². The van der Waals surface area contributed by atoms with Crippen LogP contribution >= 0.6 is 11.8 Å². The van der Waals surface area contributed by atoms with Gasteiger partial charge >= 0.3 is 0 Å². The van der Waals surface area contributed by atoms with Crippen LogP contribution < -0.4 is 4.90 Å². The Morgan fingerprint density at radius 1 is 0.773 bits per heavy atom. The molecule has 3 aromatic rings. The summed E-state index contributed by atoms with van der Waals surface area (Å²) in [6.45, 7) is 2.27. The third kappa shape index (κ3) is 8.18. The predicted octanol–water partition coefficient (Wildman–Crippen LogP) is 9.89. The number of pyridine rings is 1. The van der Waals surface area contributed by atoms with E-state index in [2.05, 4.69) is 11.9 Å². The number of aromatic nitrogens is 1. The molecule has 1 aromatic heterocycles. The third-order valence-corrected chi connectivity index (χ3v) is 10.6. The number of benzene rings is 2. The molecule has 2 atom stereocenters. The van der Waals surface area contributed by atoms with Crippen molar-refractivity contribution in [2.75, 3.05) is 4.90 Å². The summed E-state index contributed by atoms with van der Waals surface area (Å²) in [6, 6.07) is 15.5. The van der Waals surface area contributed by atoms with E-state index in [1.165, 1.54) is 81.9 Å². The van der Waals surface area contributed by atoms with Crippen molar-refractivity contribution in [1.29, 1.82) is 0 Å². The molecule has 6 heteroatoms. The maximum absolute atomic E-state index is 13.5. The summed E-state index contributed by atoms with van der Waals surface area (Å²) >= 11 is 1.55. The first-order valence-electron chi connectivity index (χ1n) is 17.1. The van der Waals surface area contributed by atoms with E-state index in [9.17, 15) is 14.4 Å². The topological polar surface area (TPSA) is 67.3 Å². The summed E-state index contributed by atoms with van der Waals surface area (Å²) in [4.78, 5) is 46.6. The number of Topliss-reactive ketones (excluding diaryl/α,β-unsaturated/α-hetero) is 1. The van der Waals surface area contributed by atoms with Gasteiger partial charge in [-0.25, -0.2) is 0 Å². The maximum Gasteiger partial charge on any atom is 0.237 e. The van der Waals surface area contributed by atoms with Gasteiger partial charge in [-0.3, -0.25) is 24.3 Å². The first-order chi connectivity index (χ1) is 21.6.